The van der Waals surface area contributed by atoms with Crippen LogP contribution in [0.5, 0.6) is 0 Å². The highest BCUT2D eigenvalue weighted by Gasteiger charge is 2.33. The second-order valence-electron chi connectivity index (χ2n) is 15.2. The fraction of sp³-hybridized carbons (Fsp3) is 0.833. The van der Waals surface area contributed by atoms with Crippen molar-refractivity contribution < 1.29 is 0 Å². The highest BCUT2D eigenvalue weighted by Crippen LogP contribution is 2.37. The predicted molar refractivity (Wildman–Crippen MR) is 189 cm³/mol. The van der Waals surface area contributed by atoms with Gasteiger partial charge in [-0.2, -0.15) is 9.97 Å². The highest BCUT2D eigenvalue weighted by molar-refractivity contribution is 5.95. The van der Waals surface area contributed by atoms with Crippen LogP contribution in [-0.4, -0.2) is 70.3 Å². The van der Waals surface area contributed by atoms with E-state index in [9.17, 15) is 0 Å². The first-order valence-electron chi connectivity index (χ1n) is 18.0. The molecule has 0 N–H and O–H groups in total. The van der Waals surface area contributed by atoms with E-state index >= 15 is 0 Å². The molecular weight excluding hydrogens is 544 g/mol. The molecule has 0 aromatic carbocycles. The highest BCUT2D eigenvalue weighted by atomic mass is 15.4. The zero-order valence-electron chi connectivity index (χ0n) is 30.3. The van der Waals surface area contributed by atoms with Crippen molar-refractivity contribution in [3.63, 3.8) is 0 Å². The predicted octanol–water partition coefficient (Wildman–Crippen LogP) is 8.19. The normalized spacial score (nSPS) is 19.3. The first-order chi connectivity index (χ1) is 20.8. The summed E-state index contributed by atoms with van der Waals surface area (Å²) in [5, 5.41) is 0. The third-order valence-electron chi connectivity index (χ3n) is 10.9. The molecule has 0 saturated carbocycles. The maximum absolute atomic E-state index is 5.49. The Morgan fingerprint density at radius 1 is 0.409 bits per heavy atom. The lowest BCUT2D eigenvalue weighted by atomic mass is 9.98. The molecule has 0 aliphatic carbocycles. The van der Waals surface area contributed by atoms with E-state index in [0.29, 0.717) is 47.8 Å². The van der Waals surface area contributed by atoms with Gasteiger partial charge in [-0.3, -0.25) is 0 Å². The van der Waals surface area contributed by atoms with E-state index in [4.69, 9.17) is 19.9 Å². The molecule has 0 amide bonds. The van der Waals surface area contributed by atoms with Crippen molar-refractivity contribution in [2.75, 3.05) is 45.8 Å². The maximum atomic E-state index is 5.49. The van der Waals surface area contributed by atoms with E-state index in [1.165, 1.54) is 38.5 Å². The average Bonchev–Trinajstić information content (AvgIpc) is 3.01. The summed E-state index contributed by atoms with van der Waals surface area (Å²) in [5.74, 6) is 5.54. The summed E-state index contributed by atoms with van der Waals surface area (Å²) < 4.78 is 0. The Balaban J connectivity index is 2.06. The molecule has 2 saturated heterocycles. The van der Waals surface area contributed by atoms with E-state index < -0.39 is 0 Å². The van der Waals surface area contributed by atoms with Crippen LogP contribution < -0.4 is 19.6 Å². The largest absolute Gasteiger partial charge is 0.355 e. The molecule has 0 bridgehead atoms. The van der Waals surface area contributed by atoms with Crippen molar-refractivity contribution in [2.45, 2.75) is 146 Å². The second kappa shape index (κ2) is 14.8. The van der Waals surface area contributed by atoms with E-state index in [1.807, 2.05) is 0 Å². The summed E-state index contributed by atoms with van der Waals surface area (Å²) in [6.07, 6.45) is 7.30. The number of aromatic nitrogens is 4. The quantitative estimate of drug-likeness (QED) is 0.239. The first kappa shape index (κ1) is 34.5. The van der Waals surface area contributed by atoms with Gasteiger partial charge in [-0.15, -0.1) is 0 Å². The lowest BCUT2D eigenvalue weighted by Gasteiger charge is -2.41. The number of nitrogens with zero attached hydrogens (tertiary/aromatic N) is 8. The van der Waals surface area contributed by atoms with Gasteiger partial charge in [0.1, 0.15) is 11.0 Å². The molecule has 2 aliphatic rings. The summed E-state index contributed by atoms with van der Waals surface area (Å²) >= 11 is 0. The minimum Gasteiger partial charge on any atom is -0.355 e. The van der Waals surface area contributed by atoms with Crippen molar-refractivity contribution in [1.29, 1.82) is 0 Å². The van der Waals surface area contributed by atoms with Crippen LogP contribution in [0.4, 0.5) is 23.5 Å². The smallest absolute Gasteiger partial charge is 0.228 e. The monoisotopic (exact) mass is 609 g/mol. The minimum atomic E-state index is 0.298. The molecule has 4 heterocycles. The van der Waals surface area contributed by atoms with Crippen LogP contribution in [0.2, 0.25) is 0 Å². The summed E-state index contributed by atoms with van der Waals surface area (Å²) in [6.45, 7) is 31.9. The van der Waals surface area contributed by atoms with Crippen LogP contribution in [0.15, 0.2) is 0 Å². The summed E-state index contributed by atoms with van der Waals surface area (Å²) in [5.41, 5.74) is 1.85. The molecule has 4 unspecified atom stereocenters. The Kier molecular flexibility index (Phi) is 11.6. The number of anilines is 4. The van der Waals surface area contributed by atoms with Crippen molar-refractivity contribution >= 4 is 34.6 Å². The van der Waals surface area contributed by atoms with Crippen LogP contribution in [0, 0.1) is 23.7 Å². The van der Waals surface area contributed by atoms with Gasteiger partial charge in [0.05, 0.1) is 0 Å². The zero-order valence-corrected chi connectivity index (χ0v) is 30.3. The van der Waals surface area contributed by atoms with Gasteiger partial charge < -0.3 is 19.6 Å². The Morgan fingerprint density at radius 3 is 0.932 bits per heavy atom. The number of hydrogen-bond donors (Lipinski definition) is 0. The number of piperidine rings is 2. The molecule has 0 spiro atoms. The second-order valence-corrected chi connectivity index (χ2v) is 15.2. The van der Waals surface area contributed by atoms with Crippen LogP contribution in [0.1, 0.15) is 122 Å². The van der Waals surface area contributed by atoms with Crippen LogP contribution in [-0.2, 0) is 0 Å². The lowest BCUT2D eigenvalue weighted by Crippen LogP contribution is -2.47. The Morgan fingerprint density at radius 2 is 0.682 bits per heavy atom. The SMILES string of the molecule is CC(C)C(C)N(c1nc(N2CCCCC2)c2nc(N(C(C)C(C)C)C(C)C(C)C)nc(N3CCCCC3)c2n1)C(C)C(C)C. The Bertz CT molecular complexity index is 1080. The lowest BCUT2D eigenvalue weighted by molar-refractivity contribution is 0.388. The molecular formula is C36H64N8. The topological polar surface area (TPSA) is 64.5 Å². The van der Waals surface area contributed by atoms with E-state index in [1.54, 1.807) is 0 Å². The average molecular weight is 609 g/mol. The van der Waals surface area contributed by atoms with Gasteiger partial charge in [0.25, 0.3) is 0 Å². The molecule has 2 aromatic heterocycles. The van der Waals surface area contributed by atoms with Crippen LogP contribution in [0.25, 0.3) is 11.0 Å². The third kappa shape index (κ3) is 7.36. The first-order valence-corrected chi connectivity index (χ1v) is 18.0. The summed E-state index contributed by atoms with van der Waals surface area (Å²) in [7, 11) is 0. The number of fused-ring (bicyclic) bond motifs is 1. The van der Waals surface area contributed by atoms with Gasteiger partial charge in [0.2, 0.25) is 11.9 Å². The van der Waals surface area contributed by atoms with E-state index in [-0.39, 0.29) is 0 Å². The minimum absolute atomic E-state index is 0.298. The number of rotatable bonds is 12. The van der Waals surface area contributed by atoms with Gasteiger partial charge in [-0.05, 0) is 89.9 Å². The fourth-order valence-electron chi connectivity index (χ4n) is 6.60. The van der Waals surface area contributed by atoms with Gasteiger partial charge in [0.15, 0.2) is 11.6 Å². The molecule has 8 heteroatoms. The molecule has 4 atom stereocenters. The number of hydrogen-bond acceptors (Lipinski definition) is 8. The van der Waals surface area contributed by atoms with E-state index in [0.717, 1.165) is 60.7 Å². The summed E-state index contributed by atoms with van der Waals surface area (Å²) in [6, 6.07) is 1.19. The molecule has 2 aliphatic heterocycles. The van der Waals surface area contributed by atoms with Crippen molar-refractivity contribution in [3.05, 3.63) is 0 Å². The van der Waals surface area contributed by atoms with Crippen molar-refractivity contribution in [3.8, 4) is 0 Å². The van der Waals surface area contributed by atoms with Crippen LogP contribution >= 0.6 is 0 Å². The Labute approximate surface area is 269 Å². The third-order valence-corrected chi connectivity index (χ3v) is 10.9. The summed E-state index contributed by atoms with van der Waals surface area (Å²) in [4.78, 5) is 31.9. The molecule has 8 nitrogen and oxygen atoms in total. The fourth-order valence-corrected chi connectivity index (χ4v) is 6.60. The maximum Gasteiger partial charge on any atom is 0.228 e. The van der Waals surface area contributed by atoms with E-state index in [2.05, 4.69) is 103 Å². The standard InChI is InChI=1S/C36H64N8/c1-23(2)27(9)43(28(10)24(3)4)35-37-31-32(33(39-35)41-19-15-13-16-20-41)38-36(40-34(31)42-21-17-14-18-22-42)44(29(11)25(5)6)30(12)26(7)8/h23-30H,13-22H2,1-12H3. The van der Waals surface area contributed by atoms with Gasteiger partial charge in [-0.25, -0.2) is 9.97 Å². The molecule has 44 heavy (non-hydrogen) atoms. The molecule has 0 radical (unpaired) electrons. The van der Waals surface area contributed by atoms with Gasteiger partial charge >= 0.3 is 0 Å². The molecule has 2 aromatic rings. The molecule has 2 fully saturated rings. The molecule has 4 rings (SSSR count). The van der Waals surface area contributed by atoms with Crippen molar-refractivity contribution in [2.24, 2.45) is 23.7 Å². The Hall–Kier alpha value is -2.38. The molecule has 248 valence electrons. The van der Waals surface area contributed by atoms with Crippen LogP contribution in [0.3, 0.4) is 0 Å². The zero-order chi connectivity index (χ0) is 32.3. The van der Waals surface area contributed by atoms with Crippen molar-refractivity contribution in [1.82, 2.24) is 19.9 Å². The van der Waals surface area contributed by atoms with Gasteiger partial charge in [0, 0.05) is 50.3 Å². The van der Waals surface area contributed by atoms with Gasteiger partial charge in [-0.1, -0.05) is 55.4 Å².